The third kappa shape index (κ3) is 1.53. The Morgan fingerprint density at radius 1 is 1.67 bits per heavy atom. The van der Waals surface area contributed by atoms with Gasteiger partial charge < -0.3 is 5.11 Å². The Morgan fingerprint density at radius 2 is 2.33 bits per heavy atom. The first kappa shape index (κ1) is 7.25. The van der Waals surface area contributed by atoms with Crippen molar-refractivity contribution < 1.29 is 9.50 Å². The normalized spacial score (nSPS) is 37.7. The molecule has 2 unspecified atom stereocenters. The number of β-amino-alcohol motifs (C(OH)–C–C–N with tert-alkyl or cyclic N) is 1. The molecule has 1 aliphatic rings. The van der Waals surface area contributed by atoms with Crippen molar-refractivity contribution in [3.05, 3.63) is 0 Å². The largest absolute Gasteiger partial charge is 0.391 e. The van der Waals surface area contributed by atoms with Gasteiger partial charge in [0.15, 0.2) is 0 Å². The zero-order chi connectivity index (χ0) is 6.85. The molecule has 2 nitrogen and oxygen atoms in total. The van der Waals surface area contributed by atoms with E-state index in [1.165, 1.54) is 4.42 Å². The maximum atomic E-state index is 11.9. The van der Waals surface area contributed by atoms with Gasteiger partial charge in [-0.25, -0.2) is 4.42 Å². The van der Waals surface area contributed by atoms with Crippen molar-refractivity contribution >= 4 is 11.8 Å². The third-order valence-electron chi connectivity index (χ3n) is 1.56. The first-order valence-electron chi connectivity index (χ1n) is 2.89. The summed E-state index contributed by atoms with van der Waals surface area (Å²) in [6.45, 7) is 0.361. The molecule has 0 aromatic rings. The van der Waals surface area contributed by atoms with Gasteiger partial charge in [-0.15, -0.1) is 0 Å². The number of rotatable bonds is 1. The van der Waals surface area contributed by atoms with Gasteiger partial charge in [0.25, 0.3) is 0 Å². The molecule has 4 heteroatoms. The van der Waals surface area contributed by atoms with Gasteiger partial charge in [0, 0.05) is 19.0 Å². The second-order valence-corrected chi connectivity index (χ2v) is 2.79. The summed E-state index contributed by atoms with van der Waals surface area (Å²) >= 11 is 5.49. The van der Waals surface area contributed by atoms with Crippen molar-refractivity contribution in [1.82, 2.24) is 4.42 Å². The van der Waals surface area contributed by atoms with Gasteiger partial charge in [-0.1, -0.05) is 0 Å². The molecule has 1 saturated heterocycles. The predicted molar refractivity (Wildman–Crippen MR) is 32.9 cm³/mol. The topological polar surface area (TPSA) is 23.5 Å². The minimum Gasteiger partial charge on any atom is -0.391 e. The molecule has 9 heavy (non-hydrogen) atoms. The fraction of sp³-hybridized carbons (Fsp3) is 1.00. The van der Waals surface area contributed by atoms with E-state index in [9.17, 15) is 4.39 Å². The van der Waals surface area contributed by atoms with Crippen LogP contribution in [-0.2, 0) is 0 Å². The Bertz CT molecular complexity index is 103. The molecule has 1 heterocycles. The van der Waals surface area contributed by atoms with E-state index in [1.807, 2.05) is 0 Å². The second kappa shape index (κ2) is 2.82. The van der Waals surface area contributed by atoms with Crippen LogP contribution < -0.4 is 0 Å². The molecule has 54 valence electrons. The Morgan fingerprint density at radius 3 is 2.56 bits per heavy atom. The van der Waals surface area contributed by atoms with Gasteiger partial charge in [-0.05, 0) is 11.8 Å². The summed E-state index contributed by atoms with van der Waals surface area (Å²) in [5.74, 6) is -0.275. The highest BCUT2D eigenvalue weighted by Crippen LogP contribution is 2.18. The van der Waals surface area contributed by atoms with E-state index in [4.69, 9.17) is 16.9 Å². The highest BCUT2D eigenvalue weighted by molar-refractivity contribution is 6.13. The van der Waals surface area contributed by atoms with E-state index in [0.29, 0.717) is 13.1 Å². The highest BCUT2D eigenvalue weighted by Gasteiger charge is 2.29. The Kier molecular flexibility index (Phi) is 2.27. The maximum Gasteiger partial charge on any atom is 0.0960 e. The van der Waals surface area contributed by atoms with Crippen molar-refractivity contribution in [1.29, 1.82) is 0 Å². The third-order valence-corrected chi connectivity index (χ3v) is 1.84. The standard InChI is InChI=1S/C5H9ClFNO/c6-8-2-4(1-7)5(9)3-8/h4-5,9H,1-3H2. The molecule has 0 spiro atoms. The van der Waals surface area contributed by atoms with Gasteiger partial charge in [-0.3, -0.25) is 4.39 Å². The average molecular weight is 154 g/mol. The minimum atomic E-state index is -0.576. The van der Waals surface area contributed by atoms with Gasteiger partial charge in [0.05, 0.1) is 12.8 Å². The molecule has 0 radical (unpaired) electrons. The molecule has 1 rings (SSSR count). The zero-order valence-corrected chi connectivity index (χ0v) is 5.68. The van der Waals surface area contributed by atoms with E-state index in [1.54, 1.807) is 0 Å². The summed E-state index contributed by atoms with van der Waals surface area (Å²) in [6, 6.07) is 0. The lowest BCUT2D eigenvalue weighted by Gasteiger charge is -2.05. The fourth-order valence-corrected chi connectivity index (χ4v) is 1.27. The Labute approximate surface area is 58.3 Å². The number of hydrogen-bond acceptors (Lipinski definition) is 2. The lowest BCUT2D eigenvalue weighted by Crippen LogP contribution is -2.19. The number of nitrogens with zero attached hydrogens (tertiary/aromatic N) is 1. The van der Waals surface area contributed by atoms with Crippen LogP contribution in [-0.4, -0.2) is 35.4 Å². The number of hydrogen-bond donors (Lipinski definition) is 1. The van der Waals surface area contributed by atoms with E-state index in [2.05, 4.69) is 0 Å². The first-order chi connectivity index (χ1) is 4.24. The highest BCUT2D eigenvalue weighted by atomic mass is 35.5. The smallest absolute Gasteiger partial charge is 0.0960 e. The molecule has 0 aliphatic carbocycles. The first-order valence-corrected chi connectivity index (χ1v) is 3.22. The van der Waals surface area contributed by atoms with Crippen LogP contribution >= 0.6 is 11.8 Å². The van der Waals surface area contributed by atoms with Crippen LogP contribution in [0.15, 0.2) is 0 Å². The monoisotopic (exact) mass is 153 g/mol. The average Bonchev–Trinajstić information content (AvgIpc) is 2.10. The number of halogens is 2. The van der Waals surface area contributed by atoms with E-state index in [-0.39, 0.29) is 5.92 Å². The van der Waals surface area contributed by atoms with Crippen molar-refractivity contribution in [3.8, 4) is 0 Å². The molecular formula is C5H9ClFNO. The number of aliphatic hydroxyl groups is 1. The number of aliphatic hydroxyl groups excluding tert-OH is 1. The van der Waals surface area contributed by atoms with Crippen LogP contribution in [0.1, 0.15) is 0 Å². The zero-order valence-electron chi connectivity index (χ0n) is 4.93. The van der Waals surface area contributed by atoms with Crippen LogP contribution in [0.25, 0.3) is 0 Å². The number of alkyl halides is 1. The van der Waals surface area contributed by atoms with Gasteiger partial charge in [0.1, 0.15) is 0 Å². The maximum absolute atomic E-state index is 11.9. The molecule has 1 N–H and O–H groups in total. The summed E-state index contributed by atoms with van der Waals surface area (Å²) in [5.41, 5.74) is 0. The molecule has 0 bridgehead atoms. The second-order valence-electron chi connectivity index (χ2n) is 2.31. The summed E-state index contributed by atoms with van der Waals surface area (Å²) in [4.78, 5) is 0. The van der Waals surface area contributed by atoms with Crippen LogP contribution in [0.2, 0.25) is 0 Å². The van der Waals surface area contributed by atoms with E-state index < -0.39 is 12.8 Å². The fourth-order valence-electron chi connectivity index (χ4n) is 0.954. The van der Waals surface area contributed by atoms with Crippen LogP contribution in [0.3, 0.4) is 0 Å². The Hall–Kier alpha value is 0.140. The van der Waals surface area contributed by atoms with Crippen LogP contribution in [0.5, 0.6) is 0 Å². The van der Waals surface area contributed by atoms with Gasteiger partial charge in [0.2, 0.25) is 0 Å². The summed E-state index contributed by atoms with van der Waals surface area (Å²) in [6.07, 6.45) is -0.576. The van der Waals surface area contributed by atoms with Crippen LogP contribution in [0.4, 0.5) is 4.39 Å². The summed E-state index contributed by atoms with van der Waals surface area (Å²) < 4.78 is 13.3. The summed E-state index contributed by atoms with van der Waals surface area (Å²) in [5, 5.41) is 8.99. The summed E-state index contributed by atoms with van der Waals surface area (Å²) in [7, 11) is 0. The van der Waals surface area contributed by atoms with Gasteiger partial charge >= 0.3 is 0 Å². The predicted octanol–water partition coefficient (Wildman–Crippen LogP) is 0.402. The van der Waals surface area contributed by atoms with Crippen molar-refractivity contribution in [2.45, 2.75) is 6.10 Å². The van der Waals surface area contributed by atoms with Crippen molar-refractivity contribution in [2.24, 2.45) is 5.92 Å². The molecule has 1 fully saturated rings. The molecule has 2 atom stereocenters. The lowest BCUT2D eigenvalue weighted by molar-refractivity contribution is 0.130. The van der Waals surface area contributed by atoms with E-state index in [0.717, 1.165) is 0 Å². The molecule has 0 saturated carbocycles. The molecule has 0 amide bonds. The molecular weight excluding hydrogens is 145 g/mol. The van der Waals surface area contributed by atoms with Gasteiger partial charge in [-0.2, -0.15) is 0 Å². The lowest BCUT2D eigenvalue weighted by atomic mass is 10.1. The molecule has 0 aromatic carbocycles. The van der Waals surface area contributed by atoms with E-state index >= 15 is 0 Å². The molecule has 0 aromatic heterocycles. The Balaban J connectivity index is 2.38. The minimum absolute atomic E-state index is 0.275. The quantitative estimate of drug-likeness (QED) is 0.552. The SMILES string of the molecule is OC1CN(Cl)CC1CF. The van der Waals surface area contributed by atoms with Crippen LogP contribution in [0, 0.1) is 5.92 Å². The van der Waals surface area contributed by atoms with Crippen molar-refractivity contribution in [3.63, 3.8) is 0 Å². The molecule has 1 aliphatic heterocycles. The van der Waals surface area contributed by atoms with Crippen molar-refractivity contribution in [2.75, 3.05) is 19.8 Å².